The van der Waals surface area contributed by atoms with Crippen molar-refractivity contribution < 1.29 is 75.2 Å². The first-order valence-corrected chi connectivity index (χ1v) is 12.6. The fourth-order valence-electron chi connectivity index (χ4n) is 5.23. The van der Waals surface area contributed by atoms with E-state index in [1.807, 2.05) is 0 Å². The zero-order valence-electron chi connectivity index (χ0n) is 21.3. The Hall–Kier alpha value is -3.71. The van der Waals surface area contributed by atoms with Crippen LogP contribution in [0, 0.1) is 0 Å². The summed E-state index contributed by atoms with van der Waals surface area (Å²) in [6.45, 7) is -1.45. The molecule has 16 heteroatoms. The Morgan fingerprint density at radius 2 is 1.33 bits per heavy atom. The van der Waals surface area contributed by atoms with Crippen LogP contribution in [0.25, 0.3) is 22.3 Å². The highest BCUT2D eigenvalue weighted by Gasteiger charge is 2.48. The van der Waals surface area contributed by atoms with Gasteiger partial charge in [-0.05, 0) is 12.1 Å². The second-order valence-electron chi connectivity index (χ2n) is 10.1. The molecule has 0 radical (unpaired) electrons. The molecule has 1 aromatic heterocycles. The lowest BCUT2D eigenvalue weighted by Crippen LogP contribution is -2.55. The number of benzene rings is 2. The van der Waals surface area contributed by atoms with Crippen molar-refractivity contribution in [1.29, 1.82) is 0 Å². The molecule has 2 aliphatic heterocycles. The first-order chi connectivity index (χ1) is 19.8. The number of aliphatic hydroxyl groups excluding tert-OH is 7. The van der Waals surface area contributed by atoms with Crippen molar-refractivity contribution in [2.24, 2.45) is 0 Å². The first-order valence-electron chi connectivity index (χ1n) is 12.6. The molecule has 2 aliphatic rings. The molecule has 5 rings (SSSR count). The summed E-state index contributed by atoms with van der Waals surface area (Å²) in [6, 6.07) is 2.64. The van der Waals surface area contributed by atoms with E-state index < -0.39 is 130 Å². The number of hydrogen-bond donors (Lipinski definition) is 12. The van der Waals surface area contributed by atoms with Gasteiger partial charge in [0.15, 0.2) is 28.3 Å². The van der Waals surface area contributed by atoms with Gasteiger partial charge >= 0.3 is 0 Å². The van der Waals surface area contributed by atoms with E-state index in [0.717, 1.165) is 18.2 Å². The molecule has 2 saturated heterocycles. The van der Waals surface area contributed by atoms with E-state index >= 15 is 0 Å². The zero-order chi connectivity index (χ0) is 30.8. The summed E-state index contributed by atoms with van der Waals surface area (Å²) in [7, 11) is 0. The summed E-state index contributed by atoms with van der Waals surface area (Å²) in [5, 5.41) is 124. The molecule has 3 unspecified atom stereocenters. The van der Waals surface area contributed by atoms with Gasteiger partial charge in [0.2, 0.25) is 0 Å². The number of aliphatic hydroxyl groups is 7. The normalized spacial score (nSPS) is 31.8. The highest BCUT2D eigenvalue weighted by Crippen LogP contribution is 2.50. The van der Waals surface area contributed by atoms with E-state index in [2.05, 4.69) is 0 Å². The average molecular weight is 596 g/mol. The topological polar surface area (TPSA) is 291 Å². The van der Waals surface area contributed by atoms with Gasteiger partial charge in [0.25, 0.3) is 0 Å². The second-order valence-corrected chi connectivity index (χ2v) is 10.1. The largest absolute Gasteiger partial charge is 0.507 e. The zero-order valence-corrected chi connectivity index (χ0v) is 21.3. The van der Waals surface area contributed by atoms with Crippen LogP contribution in [0.2, 0.25) is 0 Å². The van der Waals surface area contributed by atoms with E-state index in [1.165, 1.54) is 0 Å². The van der Waals surface area contributed by atoms with E-state index in [4.69, 9.17) is 13.9 Å². The Balaban J connectivity index is 1.83. The molecule has 0 saturated carbocycles. The lowest BCUT2D eigenvalue weighted by Gasteiger charge is -2.41. The Morgan fingerprint density at radius 1 is 0.714 bits per heavy atom. The molecular weight excluding hydrogens is 568 g/mol. The maximum Gasteiger partial charge on any atom is 0.200 e. The van der Waals surface area contributed by atoms with Gasteiger partial charge in [-0.25, -0.2) is 0 Å². The third-order valence-electron chi connectivity index (χ3n) is 7.51. The van der Waals surface area contributed by atoms with Crippen LogP contribution in [-0.2, 0) is 9.47 Å². The standard InChI is InChI=1S/C26H28O16/c27-4-12-18(34)21(37)23(39)26(42-12)15-20(36)14(25-22(38)17(33)10(31)5-40-25)19(35)13-7(28)3-11(41-24(13)15)6-1-8(29)16(32)9(30)2-6/h1-3,10,12,17-18,21-23,25-27,29-39H,4-5H2/t10-,12?,17-,18+,21-,22?,23?,25-,26-/m0/s1. The van der Waals surface area contributed by atoms with Gasteiger partial charge < -0.3 is 75.2 Å². The Morgan fingerprint density at radius 3 is 1.95 bits per heavy atom. The highest BCUT2D eigenvalue weighted by molar-refractivity contribution is 5.92. The fraction of sp³-hybridized carbons (Fsp3) is 0.423. The molecule has 2 fully saturated rings. The summed E-state index contributed by atoms with van der Waals surface area (Å²) >= 11 is 0. The summed E-state index contributed by atoms with van der Waals surface area (Å²) in [5.41, 5.74) is -3.18. The number of fused-ring (bicyclic) bond motifs is 1. The molecule has 2 aromatic carbocycles. The number of hydrogen-bond acceptors (Lipinski definition) is 16. The summed E-state index contributed by atoms with van der Waals surface area (Å²) in [4.78, 5) is 13.4. The molecule has 228 valence electrons. The van der Waals surface area contributed by atoms with Crippen molar-refractivity contribution in [3.05, 3.63) is 39.5 Å². The number of ether oxygens (including phenoxy) is 2. The Kier molecular flexibility index (Phi) is 7.69. The highest BCUT2D eigenvalue weighted by atomic mass is 16.5. The van der Waals surface area contributed by atoms with Crippen LogP contribution >= 0.6 is 0 Å². The van der Waals surface area contributed by atoms with Crippen LogP contribution in [-0.4, -0.2) is 117 Å². The van der Waals surface area contributed by atoms with Crippen LogP contribution in [0.5, 0.6) is 28.7 Å². The lowest BCUT2D eigenvalue weighted by atomic mass is 9.85. The molecule has 3 aromatic rings. The minimum Gasteiger partial charge on any atom is -0.507 e. The second kappa shape index (κ2) is 10.8. The lowest BCUT2D eigenvalue weighted by molar-refractivity contribution is -0.231. The Labute approximate surface area is 234 Å². The number of aromatic hydroxyl groups is 5. The average Bonchev–Trinajstić information content (AvgIpc) is 2.95. The predicted octanol–water partition coefficient (Wildman–Crippen LogP) is -2.34. The smallest absolute Gasteiger partial charge is 0.200 e. The fourth-order valence-corrected chi connectivity index (χ4v) is 5.23. The van der Waals surface area contributed by atoms with E-state index in [1.54, 1.807) is 0 Å². The predicted molar refractivity (Wildman–Crippen MR) is 136 cm³/mol. The number of phenols is 5. The monoisotopic (exact) mass is 596 g/mol. The maximum atomic E-state index is 13.4. The molecule has 0 bridgehead atoms. The van der Waals surface area contributed by atoms with Crippen LogP contribution in [0.4, 0.5) is 0 Å². The molecule has 16 nitrogen and oxygen atoms in total. The molecule has 42 heavy (non-hydrogen) atoms. The van der Waals surface area contributed by atoms with Crippen molar-refractivity contribution >= 4 is 11.0 Å². The van der Waals surface area contributed by atoms with E-state index in [0.29, 0.717) is 0 Å². The minimum absolute atomic E-state index is 0.173. The number of phenolic OH excluding ortho intramolecular Hbond substituents is 5. The third-order valence-corrected chi connectivity index (χ3v) is 7.51. The SMILES string of the molecule is O=c1cc(-c2cc(O)c(O)c(O)c2)oc2c([C@@H]3OC(CO)[C@@H](O)[C@H](O)C3O)c(O)c([C@@H]3OC[C@H](O)[C@H](O)C3O)c(O)c12. The van der Waals surface area contributed by atoms with Crippen LogP contribution in [0.3, 0.4) is 0 Å². The van der Waals surface area contributed by atoms with Crippen molar-refractivity contribution in [2.45, 2.75) is 54.9 Å². The van der Waals surface area contributed by atoms with Crippen molar-refractivity contribution in [1.82, 2.24) is 0 Å². The maximum absolute atomic E-state index is 13.4. The summed E-state index contributed by atoms with van der Waals surface area (Å²) in [5.74, 6) is -4.89. The summed E-state index contributed by atoms with van der Waals surface area (Å²) in [6.07, 6.45) is -16.3. The first kappa shape index (κ1) is 29.8. The van der Waals surface area contributed by atoms with Gasteiger partial charge in [0, 0.05) is 11.6 Å². The Bertz CT molecular complexity index is 1540. The molecule has 0 amide bonds. The third kappa shape index (κ3) is 4.58. The molecule has 0 spiro atoms. The van der Waals surface area contributed by atoms with Gasteiger partial charge in [-0.1, -0.05) is 0 Å². The van der Waals surface area contributed by atoms with Gasteiger partial charge in [0.1, 0.15) is 77.6 Å². The van der Waals surface area contributed by atoms with Crippen molar-refractivity contribution in [3.63, 3.8) is 0 Å². The van der Waals surface area contributed by atoms with E-state index in [9.17, 15) is 66.1 Å². The number of rotatable bonds is 4. The van der Waals surface area contributed by atoms with Gasteiger partial charge in [-0.2, -0.15) is 0 Å². The van der Waals surface area contributed by atoms with Gasteiger partial charge in [0.05, 0.1) is 24.3 Å². The molecule has 3 heterocycles. The quantitative estimate of drug-likeness (QED) is 0.140. The van der Waals surface area contributed by atoms with Crippen LogP contribution in [0.15, 0.2) is 27.4 Å². The van der Waals surface area contributed by atoms with Gasteiger partial charge in [-0.3, -0.25) is 4.79 Å². The van der Waals surface area contributed by atoms with E-state index in [-0.39, 0.29) is 5.56 Å². The summed E-state index contributed by atoms with van der Waals surface area (Å²) < 4.78 is 16.7. The van der Waals surface area contributed by atoms with Gasteiger partial charge in [-0.15, -0.1) is 0 Å². The van der Waals surface area contributed by atoms with Crippen molar-refractivity contribution in [2.75, 3.05) is 13.2 Å². The van der Waals surface area contributed by atoms with Crippen LogP contribution < -0.4 is 5.43 Å². The molecular formula is C26H28O16. The minimum atomic E-state index is -2.05. The van der Waals surface area contributed by atoms with Crippen molar-refractivity contribution in [3.8, 4) is 40.1 Å². The molecule has 12 N–H and O–H groups in total. The molecule has 9 atom stereocenters. The molecule has 0 aliphatic carbocycles. The van der Waals surface area contributed by atoms with Crippen LogP contribution in [0.1, 0.15) is 23.3 Å².